The minimum absolute atomic E-state index is 0.0208. The summed E-state index contributed by atoms with van der Waals surface area (Å²) in [6.45, 7) is 3.79. The highest BCUT2D eigenvalue weighted by Crippen LogP contribution is 2.31. The molecule has 4 rings (SSSR count). The number of hydrogen-bond donors (Lipinski definition) is 2. The summed E-state index contributed by atoms with van der Waals surface area (Å²) < 4.78 is 1.75. The first-order chi connectivity index (χ1) is 15.4. The van der Waals surface area contributed by atoms with Crippen LogP contribution in [0.1, 0.15) is 11.4 Å². The Morgan fingerprint density at radius 3 is 2.50 bits per heavy atom. The highest BCUT2D eigenvalue weighted by atomic mass is 35.5. The summed E-state index contributed by atoms with van der Waals surface area (Å²) in [5.41, 5.74) is 3.56. The van der Waals surface area contributed by atoms with Crippen molar-refractivity contribution < 1.29 is 9.59 Å². The molecular weight excluding hydrogens is 448 g/mol. The number of hydrogen-bond acceptors (Lipinski definition) is 6. The number of thioether (sulfide) groups is 1. The predicted octanol–water partition coefficient (Wildman–Crippen LogP) is 4.53. The maximum atomic E-state index is 12.3. The predicted molar refractivity (Wildman–Crippen MR) is 125 cm³/mol. The number of rotatable bonds is 5. The van der Waals surface area contributed by atoms with Crippen LogP contribution in [0.25, 0.3) is 16.6 Å². The molecule has 10 heteroatoms. The number of nitrogens with zero attached hydrogens (tertiary/aromatic N) is 4. The zero-order valence-electron chi connectivity index (χ0n) is 17.3. The van der Waals surface area contributed by atoms with E-state index in [1.807, 2.05) is 38.1 Å². The highest BCUT2D eigenvalue weighted by molar-refractivity contribution is 8.00. The van der Waals surface area contributed by atoms with Gasteiger partial charge in [0, 0.05) is 11.1 Å². The zero-order chi connectivity index (χ0) is 22.7. The average molecular weight is 467 g/mol. The Kier molecular flexibility index (Phi) is 6.38. The van der Waals surface area contributed by atoms with E-state index in [4.69, 9.17) is 16.7 Å². The minimum atomic E-state index is -0.597. The maximum absolute atomic E-state index is 12.3. The molecule has 0 aliphatic heterocycles. The van der Waals surface area contributed by atoms with E-state index in [0.29, 0.717) is 21.3 Å². The van der Waals surface area contributed by atoms with Gasteiger partial charge in [-0.2, -0.15) is 10.2 Å². The molecule has 0 saturated heterocycles. The van der Waals surface area contributed by atoms with Crippen molar-refractivity contribution in [1.29, 1.82) is 0 Å². The van der Waals surface area contributed by atoms with Gasteiger partial charge in [0.15, 0.2) is 0 Å². The Morgan fingerprint density at radius 1 is 1.03 bits per heavy atom. The van der Waals surface area contributed by atoms with Crippen LogP contribution < -0.4 is 10.6 Å². The fraction of sp³-hybridized carbons (Fsp3) is 0.136. The molecule has 3 amide bonds. The number of benzene rings is 2. The normalized spacial score (nSPS) is 10.8. The lowest BCUT2D eigenvalue weighted by Crippen LogP contribution is -2.35. The summed E-state index contributed by atoms with van der Waals surface area (Å²) in [5.74, 6) is -0.478. The van der Waals surface area contributed by atoms with Gasteiger partial charge >= 0.3 is 6.03 Å². The van der Waals surface area contributed by atoms with Crippen LogP contribution in [0.2, 0.25) is 5.02 Å². The topological polar surface area (TPSA) is 102 Å². The van der Waals surface area contributed by atoms with Crippen molar-refractivity contribution in [2.75, 3.05) is 11.1 Å². The monoisotopic (exact) mass is 466 g/mol. The van der Waals surface area contributed by atoms with Gasteiger partial charge in [0.2, 0.25) is 5.91 Å². The molecule has 0 bridgehead atoms. The van der Waals surface area contributed by atoms with Crippen molar-refractivity contribution in [1.82, 2.24) is 25.3 Å². The molecule has 0 spiro atoms. The Labute approximate surface area is 193 Å². The van der Waals surface area contributed by atoms with Gasteiger partial charge in [-0.25, -0.2) is 9.48 Å². The van der Waals surface area contributed by atoms with Crippen molar-refractivity contribution in [2.45, 2.75) is 18.9 Å². The number of urea groups is 1. The van der Waals surface area contributed by atoms with Crippen molar-refractivity contribution in [3.05, 3.63) is 71.0 Å². The maximum Gasteiger partial charge on any atom is 0.325 e. The minimum Gasteiger partial charge on any atom is -0.308 e. The molecular formula is C22H19ClN6O2S. The lowest BCUT2D eigenvalue weighted by molar-refractivity contribution is -0.117. The number of anilines is 1. The molecule has 4 aromatic rings. The smallest absolute Gasteiger partial charge is 0.308 e. The van der Waals surface area contributed by atoms with E-state index in [0.717, 1.165) is 34.2 Å². The second kappa shape index (κ2) is 9.37. The number of para-hydroxylation sites is 2. The fourth-order valence-electron chi connectivity index (χ4n) is 3.24. The quantitative estimate of drug-likeness (QED) is 0.419. The van der Waals surface area contributed by atoms with Gasteiger partial charge in [-0.15, -0.1) is 5.10 Å². The number of aromatic nitrogens is 4. The summed E-state index contributed by atoms with van der Waals surface area (Å²) >= 11 is 7.52. The first-order valence-corrected chi connectivity index (χ1v) is 11.1. The molecule has 2 aromatic carbocycles. The fourth-order valence-corrected chi connectivity index (χ4v) is 4.17. The molecule has 0 atom stereocenters. The number of aryl methyl sites for hydroxylation is 2. The highest BCUT2D eigenvalue weighted by Gasteiger charge is 2.19. The standard InChI is InChI=1S/C22H19ClN6O2S/c1-13-19-14(2)29(17-11-7-6-10-16(17)23)28-20(19)21(27-26-13)32-12-18(30)25-22(31)24-15-8-4-3-5-9-15/h3-11H,12H2,1-2H3,(H2,24,25,30,31). The Bertz CT molecular complexity index is 1310. The Balaban J connectivity index is 1.52. The molecule has 0 aliphatic rings. The van der Waals surface area contributed by atoms with E-state index in [1.54, 1.807) is 35.0 Å². The lowest BCUT2D eigenvalue weighted by atomic mass is 10.2. The average Bonchev–Trinajstić information content (AvgIpc) is 3.12. The van der Waals surface area contributed by atoms with Gasteiger partial charge in [-0.05, 0) is 38.1 Å². The molecule has 0 radical (unpaired) electrons. The van der Waals surface area contributed by atoms with Crippen molar-refractivity contribution in [3.63, 3.8) is 0 Å². The van der Waals surface area contributed by atoms with Gasteiger partial charge in [0.25, 0.3) is 0 Å². The van der Waals surface area contributed by atoms with E-state index in [2.05, 4.69) is 20.8 Å². The largest absolute Gasteiger partial charge is 0.325 e. The van der Waals surface area contributed by atoms with Gasteiger partial charge in [-0.1, -0.05) is 53.7 Å². The number of imide groups is 1. The molecule has 32 heavy (non-hydrogen) atoms. The van der Waals surface area contributed by atoms with Crippen molar-refractivity contribution in [2.24, 2.45) is 0 Å². The van der Waals surface area contributed by atoms with Crippen LogP contribution in [-0.2, 0) is 4.79 Å². The third-order valence-electron chi connectivity index (χ3n) is 4.68. The lowest BCUT2D eigenvalue weighted by Gasteiger charge is -2.06. The molecule has 0 aliphatic carbocycles. The summed E-state index contributed by atoms with van der Waals surface area (Å²) in [6.07, 6.45) is 0. The molecule has 162 valence electrons. The Morgan fingerprint density at radius 2 is 1.75 bits per heavy atom. The summed E-state index contributed by atoms with van der Waals surface area (Å²) in [5, 5.41) is 20.0. The summed E-state index contributed by atoms with van der Waals surface area (Å²) in [4.78, 5) is 24.3. The molecule has 2 aromatic heterocycles. The van der Waals surface area contributed by atoms with Gasteiger partial charge in [-0.3, -0.25) is 10.1 Å². The number of carbonyl (C=O) groups is 2. The molecule has 8 nitrogen and oxygen atoms in total. The van der Waals surface area contributed by atoms with E-state index >= 15 is 0 Å². The first kappa shape index (κ1) is 21.8. The van der Waals surface area contributed by atoms with E-state index in [-0.39, 0.29) is 5.75 Å². The van der Waals surface area contributed by atoms with Crippen LogP contribution in [0.15, 0.2) is 59.6 Å². The zero-order valence-corrected chi connectivity index (χ0v) is 18.9. The molecule has 2 N–H and O–H groups in total. The van der Waals surface area contributed by atoms with Crippen LogP contribution in [0.4, 0.5) is 10.5 Å². The molecule has 0 fully saturated rings. The SMILES string of the molecule is Cc1nnc(SCC(=O)NC(=O)Nc2ccccc2)c2nn(-c3ccccc3Cl)c(C)c12. The number of nitrogens with one attached hydrogen (secondary N) is 2. The van der Waals surface area contributed by atoms with E-state index < -0.39 is 11.9 Å². The summed E-state index contributed by atoms with van der Waals surface area (Å²) in [7, 11) is 0. The van der Waals surface area contributed by atoms with Gasteiger partial charge in [0.05, 0.1) is 27.9 Å². The van der Waals surface area contributed by atoms with Crippen molar-refractivity contribution in [3.8, 4) is 5.69 Å². The second-order valence-electron chi connectivity index (χ2n) is 6.92. The molecule has 2 heterocycles. The van der Waals surface area contributed by atoms with E-state index in [9.17, 15) is 9.59 Å². The Hall–Kier alpha value is -3.43. The third kappa shape index (κ3) is 4.58. The number of fused-ring (bicyclic) bond motifs is 1. The number of halogens is 1. The van der Waals surface area contributed by atoms with Crippen LogP contribution in [0.5, 0.6) is 0 Å². The van der Waals surface area contributed by atoms with Gasteiger partial charge in [0.1, 0.15) is 10.5 Å². The summed E-state index contributed by atoms with van der Waals surface area (Å²) in [6, 6.07) is 15.7. The van der Waals surface area contributed by atoms with E-state index in [1.165, 1.54) is 0 Å². The number of carbonyl (C=O) groups excluding carboxylic acids is 2. The second-order valence-corrected chi connectivity index (χ2v) is 8.29. The van der Waals surface area contributed by atoms with Crippen LogP contribution in [-0.4, -0.2) is 37.7 Å². The van der Waals surface area contributed by atoms with Crippen LogP contribution in [0, 0.1) is 13.8 Å². The third-order valence-corrected chi connectivity index (χ3v) is 5.95. The first-order valence-electron chi connectivity index (χ1n) is 9.70. The van der Waals surface area contributed by atoms with Crippen LogP contribution in [0.3, 0.4) is 0 Å². The van der Waals surface area contributed by atoms with Crippen LogP contribution >= 0.6 is 23.4 Å². The molecule has 0 unspecified atom stereocenters. The molecule has 0 saturated carbocycles. The van der Waals surface area contributed by atoms with Crippen molar-refractivity contribution >= 4 is 51.9 Å². The number of amides is 3. The van der Waals surface area contributed by atoms with Gasteiger partial charge < -0.3 is 5.32 Å².